The van der Waals surface area contributed by atoms with Crippen molar-refractivity contribution in [1.29, 1.82) is 0 Å². The van der Waals surface area contributed by atoms with Gasteiger partial charge in [-0.3, -0.25) is 8.37 Å². The molecular formula is C21H28O6S2. The minimum Gasteiger partial charge on any atom is -0.263 e. The predicted octanol–water partition coefficient (Wildman–Crippen LogP) is 4.36. The molecule has 2 atom stereocenters. The molecule has 0 aromatic heterocycles. The van der Waals surface area contributed by atoms with Crippen LogP contribution in [-0.4, -0.2) is 29.0 Å². The van der Waals surface area contributed by atoms with E-state index in [1.807, 2.05) is 13.8 Å². The van der Waals surface area contributed by atoms with Crippen molar-refractivity contribution in [2.75, 3.05) is 0 Å². The number of aryl methyl sites for hydroxylation is 2. The Bertz CT molecular complexity index is 911. The molecule has 0 saturated heterocycles. The molecule has 29 heavy (non-hydrogen) atoms. The first-order chi connectivity index (χ1) is 13.5. The molecule has 0 radical (unpaired) electrons. The average Bonchev–Trinajstić information content (AvgIpc) is 2.61. The van der Waals surface area contributed by atoms with E-state index in [9.17, 15) is 16.8 Å². The molecule has 2 unspecified atom stereocenters. The number of rotatable bonds is 10. The van der Waals surface area contributed by atoms with Crippen LogP contribution >= 0.6 is 0 Å². The van der Waals surface area contributed by atoms with Crippen molar-refractivity contribution < 1.29 is 25.2 Å². The Morgan fingerprint density at radius 3 is 1.28 bits per heavy atom. The van der Waals surface area contributed by atoms with Crippen LogP contribution in [0.1, 0.15) is 44.2 Å². The van der Waals surface area contributed by atoms with Gasteiger partial charge < -0.3 is 0 Å². The van der Waals surface area contributed by atoms with E-state index < -0.39 is 32.4 Å². The molecule has 0 spiro atoms. The van der Waals surface area contributed by atoms with Gasteiger partial charge in [0.15, 0.2) is 0 Å². The predicted molar refractivity (Wildman–Crippen MR) is 112 cm³/mol. The zero-order valence-corrected chi connectivity index (χ0v) is 18.8. The number of hydrogen-bond donors (Lipinski definition) is 0. The summed E-state index contributed by atoms with van der Waals surface area (Å²) in [5.41, 5.74) is 1.93. The first-order valence-electron chi connectivity index (χ1n) is 9.49. The summed E-state index contributed by atoms with van der Waals surface area (Å²) in [6, 6.07) is 12.9. The van der Waals surface area contributed by atoms with Crippen molar-refractivity contribution in [1.82, 2.24) is 0 Å². The van der Waals surface area contributed by atoms with Gasteiger partial charge in [-0.05, 0) is 71.2 Å². The van der Waals surface area contributed by atoms with Crippen LogP contribution in [0.15, 0.2) is 58.3 Å². The van der Waals surface area contributed by atoms with E-state index in [1.165, 1.54) is 24.3 Å². The van der Waals surface area contributed by atoms with Crippen molar-refractivity contribution in [2.45, 2.75) is 69.0 Å². The molecule has 0 heterocycles. The van der Waals surface area contributed by atoms with E-state index in [0.717, 1.165) is 11.1 Å². The Balaban J connectivity index is 1.82. The molecule has 0 saturated carbocycles. The van der Waals surface area contributed by atoms with Gasteiger partial charge >= 0.3 is 0 Å². The fourth-order valence-electron chi connectivity index (χ4n) is 2.74. The highest BCUT2D eigenvalue weighted by atomic mass is 32.2. The van der Waals surface area contributed by atoms with Crippen LogP contribution < -0.4 is 0 Å². The van der Waals surface area contributed by atoms with Crippen molar-refractivity contribution in [3.8, 4) is 0 Å². The average molecular weight is 441 g/mol. The zero-order valence-electron chi connectivity index (χ0n) is 17.2. The standard InChI is InChI=1S/C21H28O6S2/c1-16-8-12-20(13-9-16)28(22,23)26-18(3)6-5-7-19(4)27-29(24,25)21-14-10-17(2)11-15-21/h8-15,18-19H,5-7H2,1-4H3. The summed E-state index contributed by atoms with van der Waals surface area (Å²) >= 11 is 0. The van der Waals surface area contributed by atoms with E-state index in [4.69, 9.17) is 8.37 Å². The Morgan fingerprint density at radius 2 is 0.966 bits per heavy atom. The third-order valence-electron chi connectivity index (χ3n) is 4.42. The molecule has 2 aromatic carbocycles. The van der Waals surface area contributed by atoms with Crippen LogP contribution in [0.4, 0.5) is 0 Å². The first-order valence-corrected chi connectivity index (χ1v) is 12.3. The lowest BCUT2D eigenvalue weighted by molar-refractivity contribution is 0.187. The van der Waals surface area contributed by atoms with Crippen molar-refractivity contribution >= 4 is 20.2 Å². The Labute approximate surface area is 174 Å². The lowest BCUT2D eigenvalue weighted by Crippen LogP contribution is -2.18. The third kappa shape index (κ3) is 7.22. The van der Waals surface area contributed by atoms with Gasteiger partial charge in [0.25, 0.3) is 20.2 Å². The van der Waals surface area contributed by atoms with Crippen LogP contribution in [-0.2, 0) is 28.6 Å². The molecule has 8 heteroatoms. The molecule has 0 aliphatic rings. The summed E-state index contributed by atoms with van der Waals surface area (Å²) in [5, 5.41) is 0. The maximum atomic E-state index is 12.3. The van der Waals surface area contributed by atoms with Crippen molar-refractivity contribution in [3.05, 3.63) is 59.7 Å². The molecule has 0 N–H and O–H groups in total. The van der Waals surface area contributed by atoms with Crippen molar-refractivity contribution in [2.24, 2.45) is 0 Å². The topological polar surface area (TPSA) is 86.7 Å². The second-order valence-corrected chi connectivity index (χ2v) is 10.4. The van der Waals surface area contributed by atoms with Crippen LogP contribution in [0.2, 0.25) is 0 Å². The molecule has 0 aliphatic heterocycles. The van der Waals surface area contributed by atoms with Gasteiger partial charge in [0.05, 0.1) is 22.0 Å². The second-order valence-electron chi connectivity index (χ2n) is 7.28. The summed E-state index contributed by atoms with van der Waals surface area (Å²) in [5.74, 6) is 0. The van der Waals surface area contributed by atoms with Crippen LogP contribution in [0.3, 0.4) is 0 Å². The highest BCUT2D eigenvalue weighted by molar-refractivity contribution is 7.87. The maximum Gasteiger partial charge on any atom is 0.297 e. The van der Waals surface area contributed by atoms with Gasteiger partial charge in [0.2, 0.25) is 0 Å². The SMILES string of the molecule is Cc1ccc(S(=O)(=O)OC(C)CCCC(C)OS(=O)(=O)c2ccc(C)cc2)cc1. The normalized spacial score (nSPS) is 14.5. The van der Waals surface area contributed by atoms with Gasteiger partial charge in [-0.25, -0.2) is 0 Å². The Morgan fingerprint density at radius 1 is 0.655 bits per heavy atom. The fraction of sp³-hybridized carbons (Fsp3) is 0.429. The summed E-state index contributed by atoms with van der Waals surface area (Å²) in [6.45, 7) is 7.12. The summed E-state index contributed by atoms with van der Waals surface area (Å²) in [6.07, 6.45) is 0.437. The fourth-order valence-corrected chi connectivity index (χ4v) is 4.96. The lowest BCUT2D eigenvalue weighted by atomic mass is 10.1. The zero-order chi connectivity index (χ0) is 21.7. The number of benzene rings is 2. The summed E-state index contributed by atoms with van der Waals surface area (Å²) in [4.78, 5) is 0.242. The largest absolute Gasteiger partial charge is 0.297 e. The molecule has 0 fully saturated rings. The summed E-state index contributed by atoms with van der Waals surface area (Å²) < 4.78 is 59.7. The molecule has 0 bridgehead atoms. The first kappa shape index (κ1) is 23.5. The van der Waals surface area contributed by atoms with E-state index >= 15 is 0 Å². The molecular weight excluding hydrogens is 412 g/mol. The molecule has 160 valence electrons. The summed E-state index contributed by atoms with van der Waals surface area (Å²) in [7, 11) is -7.64. The van der Waals surface area contributed by atoms with Gasteiger partial charge in [0, 0.05) is 0 Å². The Kier molecular flexibility index (Phi) is 7.99. The van der Waals surface area contributed by atoms with E-state index in [0.29, 0.717) is 19.3 Å². The van der Waals surface area contributed by atoms with Gasteiger partial charge in [0.1, 0.15) is 0 Å². The molecule has 0 aliphatic carbocycles. The van der Waals surface area contributed by atoms with Gasteiger partial charge in [-0.15, -0.1) is 0 Å². The van der Waals surface area contributed by atoms with Crippen LogP contribution in [0.5, 0.6) is 0 Å². The number of hydrogen-bond acceptors (Lipinski definition) is 6. The molecule has 2 rings (SSSR count). The second kappa shape index (κ2) is 9.84. The highest BCUT2D eigenvalue weighted by Gasteiger charge is 2.21. The lowest BCUT2D eigenvalue weighted by Gasteiger charge is -2.16. The maximum absolute atomic E-state index is 12.3. The van der Waals surface area contributed by atoms with E-state index in [1.54, 1.807) is 38.1 Å². The third-order valence-corrected chi connectivity index (χ3v) is 7.29. The van der Waals surface area contributed by atoms with E-state index in [-0.39, 0.29) is 9.79 Å². The Hall–Kier alpha value is -1.74. The highest BCUT2D eigenvalue weighted by Crippen LogP contribution is 2.20. The smallest absolute Gasteiger partial charge is 0.263 e. The van der Waals surface area contributed by atoms with E-state index in [2.05, 4.69) is 0 Å². The van der Waals surface area contributed by atoms with Gasteiger partial charge in [-0.2, -0.15) is 16.8 Å². The molecule has 6 nitrogen and oxygen atoms in total. The minimum atomic E-state index is -3.82. The monoisotopic (exact) mass is 440 g/mol. The minimum absolute atomic E-state index is 0.121. The van der Waals surface area contributed by atoms with Crippen molar-refractivity contribution in [3.63, 3.8) is 0 Å². The molecule has 0 amide bonds. The van der Waals surface area contributed by atoms with Gasteiger partial charge in [-0.1, -0.05) is 35.4 Å². The van der Waals surface area contributed by atoms with Crippen LogP contribution in [0, 0.1) is 13.8 Å². The quantitative estimate of drug-likeness (QED) is 0.510. The molecule has 2 aromatic rings. The van der Waals surface area contributed by atoms with Crippen LogP contribution in [0.25, 0.3) is 0 Å².